The second kappa shape index (κ2) is 10.2. The second-order valence-corrected chi connectivity index (χ2v) is 6.21. The van der Waals surface area contributed by atoms with E-state index < -0.39 is 30.5 Å². The minimum Gasteiger partial charge on any atom is -0.481 e. The average molecular weight is 387 g/mol. The zero-order valence-electron chi connectivity index (χ0n) is 14.7. The number of rotatable bonds is 9. The van der Waals surface area contributed by atoms with Gasteiger partial charge < -0.3 is 24.6 Å². The lowest BCUT2D eigenvalue weighted by atomic mass is 9.93. The Balaban J connectivity index is 1.94. The Bertz CT molecular complexity index is 636. The van der Waals surface area contributed by atoms with E-state index >= 15 is 0 Å². The molecule has 2 N–H and O–H groups in total. The van der Waals surface area contributed by atoms with Crippen LogP contribution in [-0.2, 0) is 20.7 Å². The number of alkyl halides is 2. The van der Waals surface area contributed by atoms with Crippen LogP contribution in [0.15, 0.2) is 24.3 Å². The predicted octanol–water partition coefficient (Wildman–Crippen LogP) is 1.53. The summed E-state index contributed by atoms with van der Waals surface area (Å²) in [4.78, 5) is 25.2. The Morgan fingerprint density at radius 2 is 1.89 bits per heavy atom. The van der Waals surface area contributed by atoms with Gasteiger partial charge in [-0.05, 0) is 30.9 Å². The van der Waals surface area contributed by atoms with Crippen molar-refractivity contribution in [2.75, 3.05) is 26.3 Å². The van der Waals surface area contributed by atoms with Crippen molar-refractivity contribution >= 4 is 11.9 Å². The standard InChI is InChI=1S/C18H23F2NO6/c19-18(20)27-14-7-2-1-4-12(14)5-3-6-13(17(24)25)15(22)16(23)21-8-10-26-11-9-21/h1-2,4,7,13,15,18,22H,3,5-6,8-11H2,(H,24,25)/t13-,15+/m0/s1. The predicted molar refractivity (Wildman–Crippen MR) is 90.5 cm³/mol. The van der Waals surface area contributed by atoms with Gasteiger partial charge in [-0.15, -0.1) is 0 Å². The van der Waals surface area contributed by atoms with E-state index in [0.717, 1.165) is 0 Å². The maximum atomic E-state index is 12.4. The zero-order valence-corrected chi connectivity index (χ0v) is 14.7. The van der Waals surface area contributed by atoms with Gasteiger partial charge in [0.2, 0.25) is 0 Å². The van der Waals surface area contributed by atoms with Gasteiger partial charge in [0.15, 0.2) is 0 Å². The van der Waals surface area contributed by atoms with E-state index in [4.69, 9.17) is 4.74 Å². The molecule has 9 heteroatoms. The number of halogens is 2. The molecule has 7 nitrogen and oxygen atoms in total. The topological polar surface area (TPSA) is 96.3 Å². The van der Waals surface area contributed by atoms with Gasteiger partial charge in [-0.3, -0.25) is 9.59 Å². The number of nitrogens with zero attached hydrogens (tertiary/aromatic N) is 1. The Labute approximate surface area is 155 Å². The van der Waals surface area contributed by atoms with Crippen LogP contribution in [0.2, 0.25) is 0 Å². The Kier molecular flexibility index (Phi) is 7.93. The number of aryl methyl sites for hydroxylation is 1. The lowest BCUT2D eigenvalue weighted by Gasteiger charge is -2.30. The third kappa shape index (κ3) is 6.14. The number of benzene rings is 1. The number of carbonyl (C=O) groups excluding carboxylic acids is 1. The second-order valence-electron chi connectivity index (χ2n) is 6.21. The first-order valence-corrected chi connectivity index (χ1v) is 8.70. The number of hydrogen-bond donors (Lipinski definition) is 2. The largest absolute Gasteiger partial charge is 0.481 e. The maximum Gasteiger partial charge on any atom is 0.387 e. The molecule has 1 aliphatic rings. The number of amides is 1. The summed E-state index contributed by atoms with van der Waals surface area (Å²) in [6.07, 6.45) is -1.07. The smallest absolute Gasteiger partial charge is 0.387 e. The number of aliphatic carboxylic acids is 1. The van der Waals surface area contributed by atoms with Gasteiger partial charge in [-0.25, -0.2) is 0 Å². The number of carboxylic acid groups (broad SMARTS) is 1. The highest BCUT2D eigenvalue weighted by Crippen LogP contribution is 2.24. The van der Waals surface area contributed by atoms with Crippen molar-refractivity contribution in [3.05, 3.63) is 29.8 Å². The Morgan fingerprint density at radius 1 is 1.22 bits per heavy atom. The molecule has 1 heterocycles. The highest BCUT2D eigenvalue weighted by atomic mass is 19.3. The zero-order chi connectivity index (χ0) is 19.8. The first-order chi connectivity index (χ1) is 12.9. The van der Waals surface area contributed by atoms with E-state index in [1.165, 1.54) is 11.0 Å². The van der Waals surface area contributed by atoms with Crippen molar-refractivity contribution in [2.45, 2.75) is 32.0 Å². The molecule has 1 aliphatic heterocycles. The molecule has 1 aromatic rings. The Morgan fingerprint density at radius 3 is 2.52 bits per heavy atom. The van der Waals surface area contributed by atoms with Crippen molar-refractivity contribution < 1.29 is 38.1 Å². The van der Waals surface area contributed by atoms with E-state index in [1.54, 1.807) is 18.2 Å². The molecule has 1 fully saturated rings. The van der Waals surface area contributed by atoms with E-state index in [9.17, 15) is 28.6 Å². The molecule has 0 bridgehead atoms. The van der Waals surface area contributed by atoms with Crippen molar-refractivity contribution in [1.82, 2.24) is 4.90 Å². The number of aliphatic hydroxyl groups excluding tert-OH is 1. The summed E-state index contributed by atoms with van der Waals surface area (Å²) in [6.45, 7) is -1.65. The van der Waals surface area contributed by atoms with Crippen LogP contribution < -0.4 is 4.74 Å². The number of morpholine rings is 1. The summed E-state index contributed by atoms with van der Waals surface area (Å²) >= 11 is 0. The molecule has 0 aliphatic carbocycles. The summed E-state index contributed by atoms with van der Waals surface area (Å²) in [7, 11) is 0. The van der Waals surface area contributed by atoms with Crippen LogP contribution in [0.5, 0.6) is 5.75 Å². The van der Waals surface area contributed by atoms with Crippen molar-refractivity contribution in [3.63, 3.8) is 0 Å². The summed E-state index contributed by atoms with van der Waals surface area (Å²) in [6, 6.07) is 6.25. The molecule has 0 radical (unpaired) electrons. The molecule has 27 heavy (non-hydrogen) atoms. The molecule has 1 saturated heterocycles. The van der Waals surface area contributed by atoms with Crippen molar-refractivity contribution in [2.24, 2.45) is 5.92 Å². The van der Waals surface area contributed by atoms with E-state index in [2.05, 4.69) is 4.74 Å². The number of para-hydroxylation sites is 1. The number of carbonyl (C=O) groups is 2. The van der Waals surface area contributed by atoms with Crippen LogP contribution in [0, 0.1) is 5.92 Å². The molecule has 1 aromatic carbocycles. The monoisotopic (exact) mass is 387 g/mol. The fourth-order valence-corrected chi connectivity index (χ4v) is 2.99. The fourth-order valence-electron chi connectivity index (χ4n) is 2.99. The molecule has 2 rings (SSSR count). The number of hydrogen-bond acceptors (Lipinski definition) is 5. The van der Waals surface area contributed by atoms with Gasteiger partial charge in [-0.1, -0.05) is 18.2 Å². The molecule has 0 saturated carbocycles. The first-order valence-electron chi connectivity index (χ1n) is 8.70. The van der Waals surface area contributed by atoms with Gasteiger partial charge in [0, 0.05) is 13.1 Å². The van der Waals surface area contributed by atoms with Gasteiger partial charge in [0.05, 0.1) is 19.1 Å². The first kappa shape index (κ1) is 21.0. The van der Waals surface area contributed by atoms with Gasteiger partial charge >= 0.3 is 12.6 Å². The lowest BCUT2D eigenvalue weighted by molar-refractivity contribution is -0.157. The summed E-state index contributed by atoms with van der Waals surface area (Å²) in [5.74, 6) is -3.15. The van der Waals surface area contributed by atoms with E-state index in [1.807, 2.05) is 0 Å². The molecule has 1 amide bonds. The van der Waals surface area contributed by atoms with Crippen molar-refractivity contribution in [1.29, 1.82) is 0 Å². The maximum absolute atomic E-state index is 12.4. The highest BCUT2D eigenvalue weighted by Gasteiger charge is 2.34. The summed E-state index contributed by atoms with van der Waals surface area (Å²) in [5, 5.41) is 19.6. The molecule has 2 atom stereocenters. The SMILES string of the molecule is O=C(O)[C@@H](CCCc1ccccc1OC(F)F)[C@@H](O)C(=O)N1CCOCC1. The fraction of sp³-hybridized carbons (Fsp3) is 0.556. The highest BCUT2D eigenvalue weighted by molar-refractivity contribution is 5.86. The van der Waals surface area contributed by atoms with Gasteiger partial charge in [0.1, 0.15) is 11.9 Å². The number of carboxylic acids is 1. The molecule has 0 spiro atoms. The number of aliphatic hydroxyl groups is 1. The molecule has 150 valence electrons. The number of ether oxygens (including phenoxy) is 2. The third-order valence-corrected chi connectivity index (χ3v) is 4.42. The third-order valence-electron chi connectivity index (χ3n) is 4.42. The minimum absolute atomic E-state index is 0.0234. The molecular formula is C18H23F2NO6. The van der Waals surface area contributed by atoms with Crippen LogP contribution in [-0.4, -0.2) is 66.0 Å². The molecule has 0 unspecified atom stereocenters. The van der Waals surface area contributed by atoms with Gasteiger partial charge in [-0.2, -0.15) is 8.78 Å². The van der Waals surface area contributed by atoms with Crippen LogP contribution in [0.4, 0.5) is 8.78 Å². The van der Waals surface area contributed by atoms with Crippen LogP contribution in [0.3, 0.4) is 0 Å². The normalized spacial score (nSPS) is 16.8. The van der Waals surface area contributed by atoms with Crippen molar-refractivity contribution in [3.8, 4) is 5.75 Å². The van der Waals surface area contributed by atoms with E-state index in [-0.39, 0.29) is 25.0 Å². The van der Waals surface area contributed by atoms with Crippen LogP contribution in [0.1, 0.15) is 18.4 Å². The Hall–Kier alpha value is -2.26. The molecular weight excluding hydrogens is 364 g/mol. The minimum atomic E-state index is -2.95. The average Bonchev–Trinajstić information content (AvgIpc) is 2.65. The van der Waals surface area contributed by atoms with Gasteiger partial charge in [0.25, 0.3) is 5.91 Å². The van der Waals surface area contributed by atoms with E-state index in [0.29, 0.717) is 31.9 Å². The summed E-state index contributed by atoms with van der Waals surface area (Å²) < 4.78 is 34.5. The van der Waals surface area contributed by atoms with Crippen LogP contribution in [0.25, 0.3) is 0 Å². The molecule has 0 aromatic heterocycles. The quantitative estimate of drug-likeness (QED) is 0.667. The summed E-state index contributed by atoms with van der Waals surface area (Å²) in [5.41, 5.74) is 0.510. The van der Waals surface area contributed by atoms with Crippen LogP contribution >= 0.6 is 0 Å². The lowest BCUT2D eigenvalue weighted by Crippen LogP contribution is -2.49.